The maximum absolute atomic E-state index is 12.4. The lowest BCUT2D eigenvalue weighted by molar-refractivity contribution is -0.123. The van der Waals surface area contributed by atoms with Crippen LogP contribution in [0.15, 0.2) is 12.3 Å². The van der Waals surface area contributed by atoms with Crippen LogP contribution in [0, 0.1) is 5.92 Å². The number of nitrogens with two attached hydrogens (primary N) is 1. The predicted molar refractivity (Wildman–Crippen MR) is 83.0 cm³/mol. The molecule has 0 aromatic carbocycles. The Hall–Kier alpha value is -1.16. The van der Waals surface area contributed by atoms with Gasteiger partial charge in [-0.25, -0.2) is 0 Å². The van der Waals surface area contributed by atoms with E-state index in [2.05, 4.69) is 16.0 Å². The van der Waals surface area contributed by atoms with Crippen molar-refractivity contribution in [3.8, 4) is 0 Å². The molecule has 0 amide bonds. The van der Waals surface area contributed by atoms with Crippen molar-refractivity contribution in [1.82, 2.24) is 9.78 Å². The molecule has 1 aromatic heterocycles. The number of rotatable bonds is 4. The highest BCUT2D eigenvalue weighted by atomic mass is 16.1. The molecular formula is C17H27N3O. The van der Waals surface area contributed by atoms with E-state index in [-0.39, 0.29) is 5.92 Å². The van der Waals surface area contributed by atoms with Gasteiger partial charge in [0, 0.05) is 18.2 Å². The summed E-state index contributed by atoms with van der Waals surface area (Å²) in [6, 6.07) is 2.89. The smallest absolute Gasteiger partial charge is 0.141 e. The van der Waals surface area contributed by atoms with E-state index in [1.165, 1.54) is 32.1 Å². The van der Waals surface area contributed by atoms with Crippen LogP contribution in [0.1, 0.15) is 69.5 Å². The van der Waals surface area contributed by atoms with Gasteiger partial charge in [-0.15, -0.1) is 0 Å². The Bertz CT molecular complexity index is 468. The van der Waals surface area contributed by atoms with Gasteiger partial charge in [-0.3, -0.25) is 9.48 Å². The number of carbonyl (C=O) groups is 1. The summed E-state index contributed by atoms with van der Waals surface area (Å²) in [7, 11) is 0. The van der Waals surface area contributed by atoms with E-state index in [1.54, 1.807) is 0 Å². The molecule has 116 valence electrons. The zero-order chi connectivity index (χ0) is 14.7. The second kappa shape index (κ2) is 6.73. The van der Waals surface area contributed by atoms with Crippen molar-refractivity contribution in [3.05, 3.63) is 18.0 Å². The van der Waals surface area contributed by atoms with Gasteiger partial charge in [0.05, 0.1) is 18.2 Å². The van der Waals surface area contributed by atoms with Crippen LogP contribution < -0.4 is 5.73 Å². The summed E-state index contributed by atoms with van der Waals surface area (Å²) < 4.78 is 2.10. The van der Waals surface area contributed by atoms with Gasteiger partial charge in [0.25, 0.3) is 0 Å². The third-order valence-corrected chi connectivity index (χ3v) is 5.19. The standard InChI is InChI=1S/C17H27N3O/c18-14-8-6-13(7-9-14)17(21)12-15-10-11-20(19-15)16-4-2-1-3-5-16/h10-11,13-14,16H,1-9,12,18H2. The fourth-order valence-electron chi connectivity index (χ4n) is 3.78. The second-order valence-electron chi connectivity index (χ2n) is 6.83. The molecule has 0 bridgehead atoms. The molecule has 2 aliphatic rings. The molecule has 0 radical (unpaired) electrons. The van der Waals surface area contributed by atoms with Gasteiger partial charge >= 0.3 is 0 Å². The number of aromatic nitrogens is 2. The Morgan fingerprint density at radius 3 is 2.57 bits per heavy atom. The summed E-state index contributed by atoms with van der Waals surface area (Å²) >= 11 is 0. The quantitative estimate of drug-likeness (QED) is 0.926. The van der Waals surface area contributed by atoms with E-state index >= 15 is 0 Å². The molecule has 0 spiro atoms. The van der Waals surface area contributed by atoms with Gasteiger partial charge in [0.15, 0.2) is 0 Å². The maximum atomic E-state index is 12.4. The molecule has 2 aliphatic carbocycles. The molecule has 1 aromatic rings. The number of carbonyl (C=O) groups excluding carboxylic acids is 1. The van der Waals surface area contributed by atoms with E-state index in [9.17, 15) is 4.79 Å². The molecule has 21 heavy (non-hydrogen) atoms. The van der Waals surface area contributed by atoms with Crippen molar-refractivity contribution in [3.63, 3.8) is 0 Å². The molecule has 0 saturated heterocycles. The summed E-state index contributed by atoms with van der Waals surface area (Å²) in [5, 5.41) is 4.65. The van der Waals surface area contributed by atoms with Crippen LogP contribution in [-0.2, 0) is 11.2 Å². The largest absolute Gasteiger partial charge is 0.328 e. The molecule has 4 nitrogen and oxygen atoms in total. The lowest BCUT2D eigenvalue weighted by atomic mass is 9.83. The Labute approximate surface area is 127 Å². The van der Waals surface area contributed by atoms with Crippen LogP contribution in [0.4, 0.5) is 0 Å². The molecule has 0 atom stereocenters. The van der Waals surface area contributed by atoms with Crippen molar-refractivity contribution in [2.24, 2.45) is 11.7 Å². The first-order valence-electron chi connectivity index (χ1n) is 8.54. The van der Waals surface area contributed by atoms with Crippen LogP contribution in [0.2, 0.25) is 0 Å². The summed E-state index contributed by atoms with van der Waals surface area (Å²) in [6.07, 6.45) is 12.9. The molecule has 0 unspecified atom stereocenters. The van der Waals surface area contributed by atoms with E-state index in [0.29, 0.717) is 24.3 Å². The molecule has 0 aliphatic heterocycles. The monoisotopic (exact) mass is 289 g/mol. The number of ketones is 1. The molecule has 4 heteroatoms. The molecule has 1 heterocycles. The minimum absolute atomic E-state index is 0.213. The van der Waals surface area contributed by atoms with Crippen molar-refractivity contribution >= 4 is 5.78 Å². The van der Waals surface area contributed by atoms with Crippen molar-refractivity contribution in [2.75, 3.05) is 0 Å². The van der Waals surface area contributed by atoms with E-state index in [1.807, 2.05) is 6.07 Å². The Balaban J connectivity index is 1.55. The summed E-state index contributed by atoms with van der Waals surface area (Å²) in [4.78, 5) is 12.4. The van der Waals surface area contributed by atoms with Gasteiger partial charge in [-0.2, -0.15) is 5.10 Å². The van der Waals surface area contributed by atoms with Crippen LogP contribution in [0.3, 0.4) is 0 Å². The minimum Gasteiger partial charge on any atom is -0.328 e. The average Bonchev–Trinajstić information content (AvgIpc) is 2.97. The Morgan fingerprint density at radius 2 is 1.86 bits per heavy atom. The van der Waals surface area contributed by atoms with Gasteiger partial charge < -0.3 is 5.73 Å². The van der Waals surface area contributed by atoms with E-state index < -0.39 is 0 Å². The fraction of sp³-hybridized carbons (Fsp3) is 0.765. The highest BCUT2D eigenvalue weighted by Gasteiger charge is 2.25. The topological polar surface area (TPSA) is 60.9 Å². The van der Waals surface area contributed by atoms with E-state index in [4.69, 9.17) is 5.73 Å². The highest BCUT2D eigenvalue weighted by Crippen LogP contribution is 2.28. The van der Waals surface area contributed by atoms with Gasteiger partial charge in [-0.05, 0) is 44.6 Å². The number of hydrogen-bond donors (Lipinski definition) is 1. The van der Waals surface area contributed by atoms with Crippen LogP contribution in [-0.4, -0.2) is 21.6 Å². The maximum Gasteiger partial charge on any atom is 0.141 e. The Morgan fingerprint density at radius 1 is 1.14 bits per heavy atom. The number of hydrogen-bond acceptors (Lipinski definition) is 3. The Kier molecular flexibility index (Phi) is 4.73. The average molecular weight is 289 g/mol. The molecule has 2 N–H and O–H groups in total. The zero-order valence-electron chi connectivity index (χ0n) is 12.8. The molecule has 3 rings (SSSR count). The van der Waals surface area contributed by atoms with Crippen LogP contribution in [0.25, 0.3) is 0 Å². The fourth-order valence-corrected chi connectivity index (χ4v) is 3.78. The SMILES string of the molecule is NC1CCC(C(=O)Cc2ccn(C3CCCCC3)n2)CC1. The highest BCUT2D eigenvalue weighted by molar-refractivity contribution is 5.82. The van der Waals surface area contributed by atoms with Crippen molar-refractivity contribution in [2.45, 2.75) is 76.3 Å². The van der Waals surface area contributed by atoms with Crippen molar-refractivity contribution in [1.29, 1.82) is 0 Å². The first kappa shape index (κ1) is 14.8. The lowest BCUT2D eigenvalue weighted by Gasteiger charge is -2.24. The zero-order valence-corrected chi connectivity index (χ0v) is 12.8. The van der Waals surface area contributed by atoms with Crippen LogP contribution >= 0.6 is 0 Å². The number of Topliss-reactive ketones (excluding diaryl/α,β-unsaturated/α-hetero) is 1. The summed E-state index contributed by atoms with van der Waals surface area (Å²) in [5.74, 6) is 0.570. The molecule has 2 fully saturated rings. The van der Waals surface area contributed by atoms with Gasteiger partial charge in [-0.1, -0.05) is 19.3 Å². The molecule has 2 saturated carbocycles. The summed E-state index contributed by atoms with van der Waals surface area (Å²) in [6.45, 7) is 0. The van der Waals surface area contributed by atoms with E-state index in [0.717, 1.165) is 31.4 Å². The van der Waals surface area contributed by atoms with Gasteiger partial charge in [0.2, 0.25) is 0 Å². The predicted octanol–water partition coefficient (Wildman–Crippen LogP) is 3.02. The first-order valence-corrected chi connectivity index (χ1v) is 8.54. The second-order valence-corrected chi connectivity index (χ2v) is 6.83. The number of nitrogens with zero attached hydrogens (tertiary/aromatic N) is 2. The normalized spacial score (nSPS) is 27.7. The minimum atomic E-state index is 0.213. The lowest BCUT2D eigenvalue weighted by Crippen LogP contribution is -2.30. The van der Waals surface area contributed by atoms with Gasteiger partial charge in [0.1, 0.15) is 5.78 Å². The van der Waals surface area contributed by atoms with Crippen molar-refractivity contribution < 1.29 is 4.79 Å². The summed E-state index contributed by atoms with van der Waals surface area (Å²) in [5.41, 5.74) is 6.85. The third kappa shape index (κ3) is 3.73. The van der Waals surface area contributed by atoms with Crippen LogP contribution in [0.5, 0.6) is 0 Å². The third-order valence-electron chi connectivity index (χ3n) is 5.19. The molecular weight excluding hydrogens is 262 g/mol. The first-order chi connectivity index (χ1) is 10.2.